The van der Waals surface area contributed by atoms with Crippen molar-refractivity contribution in [2.75, 3.05) is 0 Å². The van der Waals surface area contributed by atoms with Crippen LogP contribution in [0, 0.1) is 11.8 Å². The van der Waals surface area contributed by atoms with E-state index >= 15 is 0 Å². The lowest BCUT2D eigenvalue weighted by atomic mass is 9.70. The minimum absolute atomic E-state index is 0.266. The lowest BCUT2D eigenvalue weighted by Gasteiger charge is -2.36. The van der Waals surface area contributed by atoms with Crippen molar-refractivity contribution in [3.05, 3.63) is 0 Å². The third kappa shape index (κ3) is 0.953. The molecule has 4 unspecified atom stereocenters. The zero-order valence-electron chi connectivity index (χ0n) is 8.47. The van der Waals surface area contributed by atoms with E-state index in [4.69, 9.17) is 4.74 Å². The third-order valence-corrected chi connectivity index (χ3v) is 4.23. The molecule has 1 aliphatic heterocycles. The Bertz CT molecular complexity index is 178. The van der Waals surface area contributed by atoms with Crippen molar-refractivity contribution in [3.8, 4) is 0 Å². The van der Waals surface area contributed by atoms with Gasteiger partial charge >= 0.3 is 0 Å². The van der Waals surface area contributed by atoms with Crippen molar-refractivity contribution in [3.63, 3.8) is 0 Å². The number of rotatable bonds is 1. The molecule has 2 bridgehead atoms. The number of hydrogen-bond donors (Lipinski definition) is 0. The molecule has 4 atom stereocenters. The molecule has 1 heteroatoms. The van der Waals surface area contributed by atoms with E-state index in [0.29, 0.717) is 6.10 Å². The van der Waals surface area contributed by atoms with E-state index in [1.54, 1.807) is 0 Å². The lowest BCUT2D eigenvalue weighted by Crippen LogP contribution is -2.37. The third-order valence-electron chi connectivity index (χ3n) is 4.23. The van der Waals surface area contributed by atoms with Gasteiger partial charge in [0.05, 0.1) is 11.7 Å². The summed E-state index contributed by atoms with van der Waals surface area (Å²) in [7, 11) is 0. The van der Waals surface area contributed by atoms with Gasteiger partial charge in [-0.3, -0.25) is 0 Å². The van der Waals surface area contributed by atoms with Crippen molar-refractivity contribution < 1.29 is 4.74 Å². The Kier molecular flexibility index (Phi) is 1.95. The predicted molar refractivity (Wildman–Crippen MR) is 50.1 cm³/mol. The summed E-state index contributed by atoms with van der Waals surface area (Å²) in [5.41, 5.74) is 0.266. The van der Waals surface area contributed by atoms with Gasteiger partial charge in [0.2, 0.25) is 0 Å². The topological polar surface area (TPSA) is 9.23 Å². The summed E-state index contributed by atoms with van der Waals surface area (Å²) < 4.78 is 6.13. The van der Waals surface area contributed by atoms with Gasteiger partial charge in [0.1, 0.15) is 0 Å². The first kappa shape index (κ1) is 8.55. The first-order valence-electron chi connectivity index (χ1n) is 5.37. The molecule has 0 spiro atoms. The smallest absolute Gasteiger partial charge is 0.0712 e. The Labute approximate surface area is 75.5 Å². The predicted octanol–water partition coefficient (Wildman–Crippen LogP) is 2.99. The second-order valence-electron chi connectivity index (χ2n) is 4.59. The monoisotopic (exact) mass is 168 g/mol. The molecule has 1 saturated carbocycles. The molecule has 1 heterocycles. The summed E-state index contributed by atoms with van der Waals surface area (Å²) in [6.45, 7) is 6.91. The van der Waals surface area contributed by atoms with E-state index in [9.17, 15) is 0 Å². The maximum atomic E-state index is 6.13. The Morgan fingerprint density at radius 3 is 2.75 bits per heavy atom. The van der Waals surface area contributed by atoms with Crippen molar-refractivity contribution >= 4 is 0 Å². The molecule has 2 rings (SSSR count). The highest BCUT2D eigenvalue weighted by Gasteiger charge is 2.51. The van der Waals surface area contributed by atoms with Crippen LogP contribution in [0.1, 0.15) is 46.5 Å². The minimum atomic E-state index is 0.266. The van der Waals surface area contributed by atoms with E-state index < -0.39 is 0 Å². The van der Waals surface area contributed by atoms with Gasteiger partial charge in [0.25, 0.3) is 0 Å². The van der Waals surface area contributed by atoms with Gasteiger partial charge in [-0.05, 0) is 38.0 Å². The fraction of sp³-hybridized carbons (Fsp3) is 1.00. The molecule has 1 saturated heterocycles. The van der Waals surface area contributed by atoms with Gasteiger partial charge < -0.3 is 4.74 Å². The summed E-state index contributed by atoms with van der Waals surface area (Å²) >= 11 is 0. The molecular formula is C11H20O. The van der Waals surface area contributed by atoms with Crippen molar-refractivity contribution in [2.24, 2.45) is 11.8 Å². The van der Waals surface area contributed by atoms with E-state index in [2.05, 4.69) is 20.8 Å². The molecule has 0 aromatic rings. The average Bonchev–Trinajstić information content (AvgIpc) is 2.23. The number of hydrogen-bond acceptors (Lipinski definition) is 1. The summed E-state index contributed by atoms with van der Waals surface area (Å²) in [6.07, 6.45) is 5.79. The Morgan fingerprint density at radius 1 is 1.42 bits per heavy atom. The summed E-state index contributed by atoms with van der Waals surface area (Å²) in [6, 6.07) is 0. The minimum Gasteiger partial charge on any atom is -0.371 e. The molecule has 0 aromatic heterocycles. The Morgan fingerprint density at radius 2 is 2.17 bits per heavy atom. The van der Waals surface area contributed by atoms with Crippen molar-refractivity contribution in [2.45, 2.75) is 58.2 Å². The molecular weight excluding hydrogens is 148 g/mol. The molecule has 0 N–H and O–H groups in total. The lowest BCUT2D eigenvalue weighted by molar-refractivity contribution is -0.0571. The Hall–Kier alpha value is -0.0400. The first-order valence-corrected chi connectivity index (χ1v) is 5.37. The van der Waals surface area contributed by atoms with Gasteiger partial charge in [-0.1, -0.05) is 20.3 Å². The summed E-state index contributed by atoms with van der Waals surface area (Å²) in [5, 5.41) is 0. The standard InChI is InChI=1S/C11H20O/c1-4-11-7-5-6-10(8(11)2)9(3)12-11/h8-10H,4-7H2,1-3H3. The molecule has 12 heavy (non-hydrogen) atoms. The van der Waals surface area contributed by atoms with Gasteiger partial charge in [0, 0.05) is 0 Å². The van der Waals surface area contributed by atoms with E-state index in [1.165, 1.54) is 25.7 Å². The van der Waals surface area contributed by atoms with E-state index in [1.807, 2.05) is 0 Å². The van der Waals surface area contributed by atoms with Crippen LogP contribution < -0.4 is 0 Å². The molecule has 2 fully saturated rings. The number of ether oxygens (including phenoxy) is 1. The van der Waals surface area contributed by atoms with Crippen LogP contribution in [-0.2, 0) is 4.74 Å². The molecule has 2 aliphatic rings. The van der Waals surface area contributed by atoms with Crippen LogP contribution in [0.3, 0.4) is 0 Å². The summed E-state index contributed by atoms with van der Waals surface area (Å²) in [5.74, 6) is 1.64. The average molecular weight is 168 g/mol. The Balaban J connectivity index is 2.24. The summed E-state index contributed by atoms with van der Waals surface area (Å²) in [4.78, 5) is 0. The molecule has 70 valence electrons. The van der Waals surface area contributed by atoms with Crippen LogP contribution >= 0.6 is 0 Å². The van der Waals surface area contributed by atoms with Gasteiger partial charge in [-0.25, -0.2) is 0 Å². The quantitative estimate of drug-likeness (QED) is 0.585. The second-order valence-corrected chi connectivity index (χ2v) is 4.59. The normalized spacial score (nSPS) is 52.8. The highest BCUT2D eigenvalue weighted by atomic mass is 16.5. The van der Waals surface area contributed by atoms with Crippen LogP contribution in [0.25, 0.3) is 0 Å². The highest BCUT2D eigenvalue weighted by Crippen LogP contribution is 2.51. The highest BCUT2D eigenvalue weighted by molar-refractivity contribution is 5.00. The molecule has 0 radical (unpaired) electrons. The molecule has 0 amide bonds. The fourth-order valence-electron chi connectivity index (χ4n) is 3.35. The van der Waals surface area contributed by atoms with Gasteiger partial charge in [0.15, 0.2) is 0 Å². The van der Waals surface area contributed by atoms with Crippen LogP contribution in [0.5, 0.6) is 0 Å². The van der Waals surface area contributed by atoms with Crippen molar-refractivity contribution in [1.82, 2.24) is 0 Å². The molecule has 1 nitrogen and oxygen atoms in total. The number of fused-ring (bicyclic) bond motifs is 2. The van der Waals surface area contributed by atoms with Crippen molar-refractivity contribution in [1.29, 1.82) is 0 Å². The maximum Gasteiger partial charge on any atom is 0.0712 e. The molecule has 0 aromatic carbocycles. The SMILES string of the molecule is CCC12CCCC(C(C)O1)C2C. The van der Waals surface area contributed by atoms with Gasteiger partial charge in [-0.2, -0.15) is 0 Å². The van der Waals surface area contributed by atoms with Crippen LogP contribution in [0.4, 0.5) is 0 Å². The second kappa shape index (κ2) is 2.73. The zero-order chi connectivity index (χ0) is 8.77. The van der Waals surface area contributed by atoms with E-state index in [-0.39, 0.29) is 5.60 Å². The molecule has 1 aliphatic carbocycles. The zero-order valence-corrected chi connectivity index (χ0v) is 8.47. The fourth-order valence-corrected chi connectivity index (χ4v) is 3.35. The maximum absolute atomic E-state index is 6.13. The van der Waals surface area contributed by atoms with E-state index in [0.717, 1.165) is 11.8 Å². The largest absolute Gasteiger partial charge is 0.371 e. The van der Waals surface area contributed by atoms with Gasteiger partial charge in [-0.15, -0.1) is 0 Å². The van der Waals surface area contributed by atoms with Crippen LogP contribution in [0.2, 0.25) is 0 Å². The van der Waals surface area contributed by atoms with Crippen LogP contribution in [0.15, 0.2) is 0 Å². The van der Waals surface area contributed by atoms with Crippen LogP contribution in [-0.4, -0.2) is 11.7 Å². The first-order chi connectivity index (χ1) is 5.69.